The molecule has 0 aromatic heterocycles. The summed E-state index contributed by atoms with van der Waals surface area (Å²) in [5, 5.41) is 8.98. The topological polar surface area (TPSA) is 83.5 Å². The molecule has 0 aliphatic carbocycles. The first-order chi connectivity index (χ1) is 8.74. The largest absolute Gasteiger partial charge is 0.480 e. The maximum atomic E-state index is 13.4. The molecular formula is C12H16FNO4S. The second-order valence-electron chi connectivity index (χ2n) is 4.57. The van der Waals surface area contributed by atoms with Crippen LogP contribution in [0.4, 0.5) is 4.39 Å². The Bertz CT molecular complexity index is 557. The molecule has 106 valence electrons. The van der Waals surface area contributed by atoms with Crippen LogP contribution in [0, 0.1) is 11.7 Å². The smallest absolute Gasteiger partial charge is 0.321 e. The molecule has 5 nitrogen and oxygen atoms in total. The van der Waals surface area contributed by atoms with Crippen molar-refractivity contribution >= 4 is 16.0 Å². The molecule has 1 aromatic rings. The molecule has 0 aliphatic heterocycles. The molecule has 0 saturated carbocycles. The number of carbonyl (C=O) groups is 1. The quantitative estimate of drug-likeness (QED) is 0.833. The summed E-state index contributed by atoms with van der Waals surface area (Å²) >= 11 is 0. The first-order valence-electron chi connectivity index (χ1n) is 5.73. The third kappa shape index (κ3) is 4.29. The lowest BCUT2D eigenvalue weighted by atomic mass is 10.1. The fourth-order valence-electron chi connectivity index (χ4n) is 1.58. The van der Waals surface area contributed by atoms with Gasteiger partial charge in [0.1, 0.15) is 16.8 Å². The predicted octanol–water partition coefficient (Wildman–Crippen LogP) is 1.60. The molecule has 1 atom stereocenters. The summed E-state index contributed by atoms with van der Waals surface area (Å²) in [5.74, 6) is -2.21. The monoisotopic (exact) mass is 289 g/mol. The van der Waals surface area contributed by atoms with Gasteiger partial charge in [0.05, 0.1) is 0 Å². The van der Waals surface area contributed by atoms with Crippen LogP contribution in [-0.2, 0) is 14.8 Å². The lowest BCUT2D eigenvalue weighted by Crippen LogP contribution is -2.41. The van der Waals surface area contributed by atoms with Crippen molar-refractivity contribution < 1.29 is 22.7 Å². The number of nitrogens with one attached hydrogen (secondary N) is 1. The fraction of sp³-hybridized carbons (Fsp3) is 0.417. The molecule has 1 rings (SSSR count). The van der Waals surface area contributed by atoms with Crippen molar-refractivity contribution in [3.8, 4) is 0 Å². The van der Waals surface area contributed by atoms with Crippen LogP contribution in [0.15, 0.2) is 29.2 Å². The van der Waals surface area contributed by atoms with Gasteiger partial charge in [0.15, 0.2) is 0 Å². The molecule has 0 radical (unpaired) electrons. The molecule has 0 spiro atoms. The Kier molecular flexibility index (Phi) is 5.02. The average Bonchev–Trinajstić information content (AvgIpc) is 2.27. The summed E-state index contributed by atoms with van der Waals surface area (Å²) in [6.07, 6.45) is 0.128. The van der Waals surface area contributed by atoms with E-state index in [0.29, 0.717) is 0 Å². The van der Waals surface area contributed by atoms with Crippen LogP contribution in [0.3, 0.4) is 0 Å². The van der Waals surface area contributed by atoms with E-state index < -0.39 is 32.7 Å². The van der Waals surface area contributed by atoms with Gasteiger partial charge in [-0.3, -0.25) is 4.79 Å². The minimum atomic E-state index is -4.19. The highest BCUT2D eigenvalue weighted by molar-refractivity contribution is 7.89. The van der Waals surface area contributed by atoms with Crippen molar-refractivity contribution in [3.63, 3.8) is 0 Å². The molecule has 2 N–H and O–H groups in total. The lowest BCUT2D eigenvalue weighted by Gasteiger charge is -2.16. The Morgan fingerprint density at radius 3 is 2.42 bits per heavy atom. The molecule has 0 fully saturated rings. The third-order valence-corrected chi connectivity index (χ3v) is 3.93. The van der Waals surface area contributed by atoms with Gasteiger partial charge in [-0.25, -0.2) is 12.8 Å². The van der Waals surface area contributed by atoms with Crippen molar-refractivity contribution in [1.82, 2.24) is 4.72 Å². The predicted molar refractivity (Wildman–Crippen MR) is 67.6 cm³/mol. The number of carboxylic acid groups (broad SMARTS) is 1. The van der Waals surface area contributed by atoms with Gasteiger partial charge in [0, 0.05) is 0 Å². The van der Waals surface area contributed by atoms with Crippen molar-refractivity contribution in [2.24, 2.45) is 5.92 Å². The summed E-state index contributed by atoms with van der Waals surface area (Å²) in [6.45, 7) is 3.54. The summed E-state index contributed by atoms with van der Waals surface area (Å²) in [4.78, 5) is 10.5. The van der Waals surface area contributed by atoms with Crippen molar-refractivity contribution in [2.45, 2.75) is 31.2 Å². The first kappa shape index (κ1) is 15.6. The minimum Gasteiger partial charge on any atom is -0.480 e. The number of rotatable bonds is 6. The molecule has 7 heteroatoms. The van der Waals surface area contributed by atoms with Crippen LogP contribution >= 0.6 is 0 Å². The maximum absolute atomic E-state index is 13.4. The van der Waals surface area contributed by atoms with E-state index >= 15 is 0 Å². The van der Waals surface area contributed by atoms with Crippen molar-refractivity contribution in [1.29, 1.82) is 0 Å². The second-order valence-corrected chi connectivity index (χ2v) is 6.25. The molecule has 19 heavy (non-hydrogen) atoms. The van der Waals surface area contributed by atoms with Gasteiger partial charge in [-0.05, 0) is 24.5 Å². The van der Waals surface area contributed by atoms with Crippen LogP contribution in [0.1, 0.15) is 20.3 Å². The van der Waals surface area contributed by atoms with Crippen LogP contribution in [-0.4, -0.2) is 25.5 Å². The van der Waals surface area contributed by atoms with E-state index in [1.54, 1.807) is 13.8 Å². The Hall–Kier alpha value is -1.47. The van der Waals surface area contributed by atoms with E-state index in [1.807, 2.05) is 4.72 Å². The van der Waals surface area contributed by atoms with Gasteiger partial charge in [-0.2, -0.15) is 4.72 Å². The van der Waals surface area contributed by atoms with Gasteiger partial charge in [-0.15, -0.1) is 0 Å². The lowest BCUT2D eigenvalue weighted by molar-refractivity contribution is -0.139. The number of carboxylic acids is 1. The highest BCUT2D eigenvalue weighted by atomic mass is 32.2. The van der Waals surface area contributed by atoms with E-state index in [4.69, 9.17) is 5.11 Å². The van der Waals surface area contributed by atoms with Crippen LogP contribution < -0.4 is 4.72 Å². The van der Waals surface area contributed by atoms with E-state index in [9.17, 15) is 17.6 Å². The number of benzene rings is 1. The Labute approximate surface area is 111 Å². The zero-order valence-electron chi connectivity index (χ0n) is 10.6. The second kappa shape index (κ2) is 6.12. The number of halogens is 1. The first-order valence-corrected chi connectivity index (χ1v) is 7.22. The van der Waals surface area contributed by atoms with E-state index in [0.717, 1.165) is 12.1 Å². The molecule has 1 aromatic carbocycles. The van der Waals surface area contributed by atoms with Crippen LogP contribution in [0.25, 0.3) is 0 Å². The molecule has 0 aliphatic rings. The molecule has 0 bridgehead atoms. The Morgan fingerprint density at radius 2 is 1.95 bits per heavy atom. The van der Waals surface area contributed by atoms with Gasteiger partial charge in [0.25, 0.3) is 0 Å². The normalized spacial score (nSPS) is 13.5. The van der Waals surface area contributed by atoms with E-state index in [2.05, 4.69) is 0 Å². The molecular weight excluding hydrogens is 273 g/mol. The van der Waals surface area contributed by atoms with Gasteiger partial charge >= 0.3 is 5.97 Å². The van der Waals surface area contributed by atoms with Crippen LogP contribution in [0.5, 0.6) is 0 Å². The highest BCUT2D eigenvalue weighted by Crippen LogP contribution is 2.15. The number of hydrogen-bond acceptors (Lipinski definition) is 3. The standard InChI is InChI=1S/C12H16FNO4S/c1-8(2)7-10(12(15)16)14-19(17,18)11-6-4-3-5-9(11)13/h3-6,8,10,14H,7H2,1-2H3,(H,15,16)/t10-/m0/s1. The fourth-order valence-corrected chi connectivity index (χ4v) is 2.87. The zero-order valence-corrected chi connectivity index (χ0v) is 11.4. The van der Waals surface area contributed by atoms with E-state index in [-0.39, 0.29) is 12.3 Å². The molecule has 0 saturated heterocycles. The Balaban J connectivity index is 3.01. The summed E-state index contributed by atoms with van der Waals surface area (Å²) in [5.41, 5.74) is 0. The van der Waals surface area contributed by atoms with Crippen molar-refractivity contribution in [2.75, 3.05) is 0 Å². The summed E-state index contributed by atoms with van der Waals surface area (Å²) in [6, 6.07) is 3.55. The third-order valence-electron chi connectivity index (χ3n) is 2.43. The average molecular weight is 289 g/mol. The Morgan fingerprint density at radius 1 is 1.37 bits per heavy atom. The SMILES string of the molecule is CC(C)C[C@H](NS(=O)(=O)c1ccccc1F)C(=O)O. The highest BCUT2D eigenvalue weighted by Gasteiger charge is 2.27. The van der Waals surface area contributed by atoms with E-state index in [1.165, 1.54) is 12.1 Å². The number of hydrogen-bond donors (Lipinski definition) is 2. The van der Waals surface area contributed by atoms with Crippen molar-refractivity contribution in [3.05, 3.63) is 30.1 Å². The van der Waals surface area contributed by atoms with Gasteiger partial charge in [-0.1, -0.05) is 26.0 Å². The molecule has 0 unspecified atom stereocenters. The van der Waals surface area contributed by atoms with Crippen LogP contribution in [0.2, 0.25) is 0 Å². The molecule has 0 heterocycles. The number of aliphatic carboxylic acids is 1. The maximum Gasteiger partial charge on any atom is 0.321 e. The summed E-state index contributed by atoms with van der Waals surface area (Å²) in [7, 11) is -4.19. The van der Waals surface area contributed by atoms with Gasteiger partial charge in [0.2, 0.25) is 10.0 Å². The molecule has 0 amide bonds. The zero-order chi connectivity index (χ0) is 14.6. The summed E-state index contributed by atoms with van der Waals surface area (Å²) < 4.78 is 39.3. The minimum absolute atomic E-state index is 0.00980. The number of sulfonamides is 1. The van der Waals surface area contributed by atoms with Gasteiger partial charge < -0.3 is 5.11 Å².